The number of aromatic nitrogens is 3. The minimum absolute atomic E-state index is 0.156. The molecular formula is C23H28N4O4S. The number of carboxylic acids is 1. The Balaban J connectivity index is 1.70. The highest BCUT2D eigenvalue weighted by atomic mass is 32.1. The highest BCUT2D eigenvalue weighted by Gasteiger charge is 2.25. The number of alkyl carbamates (subject to hydrolysis) is 1. The van der Waals surface area contributed by atoms with Gasteiger partial charge in [0, 0.05) is 11.3 Å². The Morgan fingerprint density at radius 3 is 2.69 bits per heavy atom. The van der Waals surface area contributed by atoms with Gasteiger partial charge in [-0.2, -0.15) is 0 Å². The molecule has 170 valence electrons. The van der Waals surface area contributed by atoms with Crippen LogP contribution in [0.1, 0.15) is 60.8 Å². The minimum atomic E-state index is -0.942. The third-order valence-corrected chi connectivity index (χ3v) is 5.96. The zero-order chi connectivity index (χ0) is 22.8. The van der Waals surface area contributed by atoms with Crippen molar-refractivity contribution in [3.05, 3.63) is 70.2 Å². The molecule has 2 atom stereocenters. The van der Waals surface area contributed by atoms with Gasteiger partial charge in [0.15, 0.2) is 6.04 Å². The van der Waals surface area contributed by atoms with E-state index in [1.807, 2.05) is 47.8 Å². The van der Waals surface area contributed by atoms with Crippen LogP contribution in [-0.4, -0.2) is 32.2 Å². The van der Waals surface area contributed by atoms with E-state index in [0.29, 0.717) is 18.5 Å². The van der Waals surface area contributed by atoms with Crippen LogP contribution in [0.4, 0.5) is 4.79 Å². The highest BCUT2D eigenvalue weighted by Crippen LogP contribution is 2.22. The van der Waals surface area contributed by atoms with E-state index in [4.69, 9.17) is 4.74 Å². The maximum atomic E-state index is 12.5. The summed E-state index contributed by atoms with van der Waals surface area (Å²) in [6.45, 7) is 2.23. The van der Waals surface area contributed by atoms with Crippen molar-refractivity contribution in [2.75, 3.05) is 0 Å². The lowest BCUT2D eigenvalue weighted by Crippen LogP contribution is -2.30. The quantitative estimate of drug-likeness (QED) is 0.381. The molecule has 1 amide bonds. The van der Waals surface area contributed by atoms with Gasteiger partial charge in [-0.05, 0) is 23.4 Å². The zero-order valence-electron chi connectivity index (χ0n) is 18.0. The number of ether oxygens (including phenoxy) is 1. The lowest BCUT2D eigenvalue weighted by Gasteiger charge is -2.16. The van der Waals surface area contributed by atoms with Crippen LogP contribution in [0.5, 0.6) is 0 Å². The van der Waals surface area contributed by atoms with Gasteiger partial charge in [-0.25, -0.2) is 14.3 Å². The van der Waals surface area contributed by atoms with Crippen molar-refractivity contribution in [2.24, 2.45) is 0 Å². The summed E-state index contributed by atoms with van der Waals surface area (Å²) >= 11 is 1.57. The van der Waals surface area contributed by atoms with Gasteiger partial charge in [-0.15, -0.1) is 16.4 Å². The van der Waals surface area contributed by atoms with Crippen molar-refractivity contribution >= 4 is 23.4 Å². The van der Waals surface area contributed by atoms with Gasteiger partial charge in [0.25, 0.3) is 0 Å². The number of hydrogen-bond acceptors (Lipinski definition) is 6. The Hall–Kier alpha value is -3.20. The normalized spacial score (nSPS) is 12.8. The summed E-state index contributed by atoms with van der Waals surface area (Å²) in [5.41, 5.74) is 1.39. The van der Waals surface area contributed by atoms with E-state index < -0.39 is 24.1 Å². The maximum Gasteiger partial charge on any atom is 0.408 e. The molecule has 0 saturated carbocycles. The van der Waals surface area contributed by atoms with E-state index >= 15 is 0 Å². The number of nitrogens with zero attached hydrogens (tertiary/aromatic N) is 3. The Bertz CT molecular complexity index is 975. The number of nitrogens with one attached hydrogen (secondary N) is 1. The summed E-state index contributed by atoms with van der Waals surface area (Å²) in [5.74, 6) is -0.942. The Morgan fingerprint density at radius 2 is 2.00 bits per heavy atom. The monoisotopic (exact) mass is 456 g/mol. The van der Waals surface area contributed by atoms with Crippen molar-refractivity contribution in [1.29, 1.82) is 0 Å². The first-order chi connectivity index (χ1) is 15.6. The van der Waals surface area contributed by atoms with Gasteiger partial charge in [0.05, 0.1) is 12.2 Å². The fraction of sp³-hybridized carbons (Fsp3) is 0.391. The first kappa shape index (κ1) is 23.5. The van der Waals surface area contributed by atoms with Gasteiger partial charge in [0.2, 0.25) is 0 Å². The van der Waals surface area contributed by atoms with Crippen molar-refractivity contribution in [3.8, 4) is 0 Å². The molecule has 0 fully saturated rings. The van der Waals surface area contributed by atoms with Crippen molar-refractivity contribution < 1.29 is 19.4 Å². The van der Waals surface area contributed by atoms with Crippen LogP contribution in [-0.2, 0) is 22.6 Å². The average molecular weight is 457 g/mol. The van der Waals surface area contributed by atoms with E-state index in [1.165, 1.54) is 4.68 Å². The third kappa shape index (κ3) is 6.91. The molecule has 0 bridgehead atoms. The molecule has 2 heterocycles. The Morgan fingerprint density at radius 1 is 1.19 bits per heavy atom. The van der Waals surface area contributed by atoms with E-state index in [2.05, 4.69) is 22.6 Å². The van der Waals surface area contributed by atoms with Crippen LogP contribution in [0.25, 0.3) is 0 Å². The van der Waals surface area contributed by atoms with Crippen LogP contribution in [0, 0.1) is 0 Å². The molecule has 0 aliphatic heterocycles. The number of hydrogen-bond donors (Lipinski definition) is 2. The van der Waals surface area contributed by atoms with Crippen LogP contribution >= 0.6 is 11.3 Å². The molecule has 2 aromatic heterocycles. The van der Waals surface area contributed by atoms with Gasteiger partial charge in [0.1, 0.15) is 12.3 Å². The largest absolute Gasteiger partial charge is 0.480 e. The molecule has 0 aliphatic rings. The second-order valence-electron chi connectivity index (χ2n) is 7.52. The molecule has 0 spiro atoms. The molecule has 3 aromatic rings. The predicted molar refractivity (Wildman–Crippen MR) is 121 cm³/mol. The van der Waals surface area contributed by atoms with E-state index in [0.717, 1.165) is 29.7 Å². The number of aliphatic carboxylic acids is 1. The molecule has 0 aliphatic carbocycles. The van der Waals surface area contributed by atoms with Crippen molar-refractivity contribution in [2.45, 2.75) is 57.7 Å². The predicted octanol–water partition coefficient (Wildman–Crippen LogP) is 4.76. The summed E-state index contributed by atoms with van der Waals surface area (Å²) < 4.78 is 6.74. The molecule has 9 heteroatoms. The number of carboxylic acid groups (broad SMARTS) is 1. The van der Waals surface area contributed by atoms with E-state index in [-0.39, 0.29) is 6.61 Å². The SMILES string of the molecule is CCCCC[C@@H](C(=O)O)n1cc([C@H](Cc2cccs2)NC(=O)OCc2ccccc2)nn1. The summed E-state index contributed by atoms with van der Waals surface area (Å²) in [7, 11) is 0. The van der Waals surface area contributed by atoms with Crippen molar-refractivity contribution in [3.63, 3.8) is 0 Å². The number of benzene rings is 1. The number of rotatable bonds is 12. The number of thiophene rings is 1. The summed E-state index contributed by atoms with van der Waals surface area (Å²) in [6.07, 6.45) is 4.79. The second kappa shape index (κ2) is 12.0. The number of carbonyl (C=O) groups excluding carboxylic acids is 1. The average Bonchev–Trinajstić information content (AvgIpc) is 3.48. The Labute approximate surface area is 191 Å². The molecule has 0 saturated heterocycles. The van der Waals surface area contributed by atoms with Gasteiger partial charge >= 0.3 is 12.1 Å². The topological polar surface area (TPSA) is 106 Å². The molecule has 32 heavy (non-hydrogen) atoms. The van der Waals surface area contributed by atoms with E-state index in [1.54, 1.807) is 17.5 Å². The lowest BCUT2D eigenvalue weighted by atomic mass is 10.1. The smallest absolute Gasteiger partial charge is 0.408 e. The summed E-state index contributed by atoms with van der Waals surface area (Å²) in [4.78, 5) is 25.3. The summed E-state index contributed by atoms with van der Waals surface area (Å²) in [5, 5.41) is 22.7. The van der Waals surface area contributed by atoms with E-state index in [9.17, 15) is 14.7 Å². The van der Waals surface area contributed by atoms with Gasteiger partial charge in [-0.1, -0.05) is 67.8 Å². The second-order valence-corrected chi connectivity index (χ2v) is 8.55. The molecule has 0 unspecified atom stereocenters. The zero-order valence-corrected chi connectivity index (χ0v) is 18.8. The molecule has 3 rings (SSSR count). The number of carbonyl (C=O) groups is 2. The number of unbranched alkanes of at least 4 members (excludes halogenated alkanes) is 2. The lowest BCUT2D eigenvalue weighted by molar-refractivity contribution is -0.141. The van der Waals surface area contributed by atoms with Crippen molar-refractivity contribution in [1.82, 2.24) is 20.3 Å². The van der Waals surface area contributed by atoms with Crippen LogP contribution in [0.15, 0.2) is 54.0 Å². The van der Waals surface area contributed by atoms with Crippen LogP contribution in [0.3, 0.4) is 0 Å². The fourth-order valence-electron chi connectivity index (χ4n) is 3.33. The first-order valence-electron chi connectivity index (χ1n) is 10.7. The maximum absolute atomic E-state index is 12.5. The molecule has 8 nitrogen and oxygen atoms in total. The first-order valence-corrected chi connectivity index (χ1v) is 11.6. The molecule has 0 radical (unpaired) electrons. The standard InChI is InChI=1S/C23H28N4O4S/c1-2-3-5-12-21(22(28)29)27-15-20(25-26-27)19(14-18-11-8-13-32-18)24-23(30)31-16-17-9-6-4-7-10-17/h4,6-11,13,15,19,21H,2-3,5,12,14,16H2,1H3,(H,24,30)(H,28,29)/t19-,21-/m0/s1. The third-order valence-electron chi connectivity index (χ3n) is 5.06. The molecule has 1 aromatic carbocycles. The van der Waals surface area contributed by atoms with Gasteiger partial charge < -0.3 is 15.2 Å². The molecule has 2 N–H and O–H groups in total. The van der Waals surface area contributed by atoms with Gasteiger partial charge in [-0.3, -0.25) is 0 Å². The van der Waals surface area contributed by atoms with Crippen LogP contribution < -0.4 is 5.32 Å². The Kier molecular flexibility index (Phi) is 8.79. The minimum Gasteiger partial charge on any atom is -0.480 e. The highest BCUT2D eigenvalue weighted by molar-refractivity contribution is 7.09. The number of amides is 1. The fourth-order valence-corrected chi connectivity index (χ4v) is 4.08. The van der Waals surface area contributed by atoms with Crippen LogP contribution in [0.2, 0.25) is 0 Å². The molecular weight excluding hydrogens is 428 g/mol. The summed E-state index contributed by atoms with van der Waals surface area (Å²) in [6, 6.07) is 12.1.